The Morgan fingerprint density at radius 3 is 2.94 bits per heavy atom. The molecular weight excluding hydrogens is 263 g/mol. The van der Waals surface area contributed by atoms with Gasteiger partial charge in [-0.1, -0.05) is 23.4 Å². The molecule has 0 spiro atoms. The molecule has 2 aromatic heterocycles. The number of carbonyl (C=O) groups is 1. The Hall–Kier alpha value is -1.77. The fourth-order valence-electron chi connectivity index (χ4n) is 1.29. The van der Waals surface area contributed by atoms with Crippen LogP contribution in [0.2, 0.25) is 10.4 Å². The normalized spacial score (nSPS) is 10.0. The Morgan fingerprint density at radius 2 is 2.24 bits per heavy atom. The zero-order valence-corrected chi connectivity index (χ0v) is 9.93. The molecule has 0 aromatic carbocycles. The van der Waals surface area contributed by atoms with Gasteiger partial charge in [0.25, 0.3) is 0 Å². The van der Waals surface area contributed by atoms with Crippen LogP contribution in [0, 0.1) is 11.8 Å². The molecule has 0 aliphatic rings. The maximum absolute atomic E-state index is 10.5. The van der Waals surface area contributed by atoms with Crippen molar-refractivity contribution in [1.82, 2.24) is 15.0 Å². The van der Waals surface area contributed by atoms with Crippen LogP contribution in [0.3, 0.4) is 0 Å². The minimum atomic E-state index is -0.484. The number of carbonyl (C=O) groups excluding carboxylic acids is 1. The van der Waals surface area contributed by atoms with Crippen molar-refractivity contribution in [3.8, 4) is 11.8 Å². The highest BCUT2D eigenvalue weighted by atomic mass is 35.5. The van der Waals surface area contributed by atoms with Crippen molar-refractivity contribution in [2.45, 2.75) is 6.42 Å². The first-order valence-electron chi connectivity index (χ1n) is 4.55. The van der Waals surface area contributed by atoms with E-state index in [-0.39, 0.29) is 16.9 Å². The molecule has 0 fully saturated rings. The summed E-state index contributed by atoms with van der Waals surface area (Å²) >= 11 is 11.6. The largest absolute Gasteiger partial charge is 0.369 e. The third kappa shape index (κ3) is 2.49. The van der Waals surface area contributed by atoms with E-state index < -0.39 is 5.91 Å². The van der Waals surface area contributed by atoms with Crippen molar-refractivity contribution in [3.63, 3.8) is 0 Å². The number of rotatable bonds is 1. The highest BCUT2D eigenvalue weighted by Crippen LogP contribution is 2.24. The van der Waals surface area contributed by atoms with Gasteiger partial charge >= 0.3 is 0 Å². The number of H-pyrrole nitrogens is 1. The monoisotopic (exact) mass is 268 g/mol. The quantitative estimate of drug-likeness (QED) is 0.467. The van der Waals surface area contributed by atoms with Crippen LogP contribution in [0.5, 0.6) is 0 Å². The first-order chi connectivity index (χ1) is 8.08. The number of nitrogens with one attached hydrogen (secondary N) is 1. The fraction of sp³-hybridized carbons (Fsp3) is 0.100. The second kappa shape index (κ2) is 4.62. The van der Waals surface area contributed by atoms with E-state index in [1.807, 2.05) is 0 Å². The fourth-order valence-corrected chi connectivity index (χ4v) is 1.77. The molecule has 2 aromatic rings. The molecular formula is C10H6Cl2N4O. The minimum absolute atomic E-state index is 0.0151. The van der Waals surface area contributed by atoms with E-state index in [9.17, 15) is 4.79 Å². The summed E-state index contributed by atoms with van der Waals surface area (Å²) in [4.78, 5) is 21.2. The third-order valence-electron chi connectivity index (χ3n) is 1.95. The Morgan fingerprint density at radius 1 is 1.47 bits per heavy atom. The van der Waals surface area contributed by atoms with Crippen LogP contribution < -0.4 is 5.73 Å². The van der Waals surface area contributed by atoms with E-state index in [1.54, 1.807) is 6.20 Å². The van der Waals surface area contributed by atoms with Crippen LogP contribution in [-0.4, -0.2) is 20.9 Å². The van der Waals surface area contributed by atoms with E-state index in [0.717, 1.165) is 0 Å². The van der Waals surface area contributed by atoms with E-state index in [1.165, 1.54) is 0 Å². The predicted octanol–water partition coefficient (Wildman–Crippen LogP) is 1.49. The van der Waals surface area contributed by atoms with Gasteiger partial charge in [0.2, 0.25) is 11.2 Å². The molecule has 0 saturated carbocycles. The molecule has 17 heavy (non-hydrogen) atoms. The number of halogens is 2. The smallest absolute Gasteiger partial charge is 0.229 e. The van der Waals surface area contributed by atoms with Gasteiger partial charge in [-0.2, -0.15) is 4.98 Å². The van der Waals surface area contributed by atoms with E-state index in [2.05, 4.69) is 26.8 Å². The average Bonchev–Trinajstić information content (AvgIpc) is 2.60. The molecule has 1 amide bonds. The molecule has 86 valence electrons. The number of amides is 1. The van der Waals surface area contributed by atoms with Gasteiger partial charge in [0.1, 0.15) is 10.8 Å². The van der Waals surface area contributed by atoms with Crippen LogP contribution in [0.4, 0.5) is 0 Å². The molecule has 3 N–H and O–H groups in total. The first kappa shape index (κ1) is 11.7. The van der Waals surface area contributed by atoms with Gasteiger partial charge in [-0.25, -0.2) is 4.98 Å². The molecule has 0 radical (unpaired) electrons. The summed E-state index contributed by atoms with van der Waals surface area (Å²) < 4.78 is 0. The van der Waals surface area contributed by atoms with Crippen molar-refractivity contribution in [3.05, 3.63) is 22.2 Å². The Bertz CT molecular complexity index is 653. The van der Waals surface area contributed by atoms with Crippen LogP contribution in [0.1, 0.15) is 12.0 Å². The van der Waals surface area contributed by atoms with Crippen LogP contribution in [-0.2, 0) is 4.79 Å². The molecule has 0 atom stereocenters. The van der Waals surface area contributed by atoms with Crippen molar-refractivity contribution in [2.75, 3.05) is 0 Å². The Kier molecular flexibility index (Phi) is 3.18. The number of hydrogen-bond acceptors (Lipinski definition) is 3. The molecule has 0 aliphatic heterocycles. The number of nitrogens with zero attached hydrogens (tertiary/aromatic N) is 2. The van der Waals surface area contributed by atoms with Crippen LogP contribution in [0.25, 0.3) is 11.0 Å². The SMILES string of the molecule is NC(=O)CC#Cc1c[nH]c2nc(Cl)nc(Cl)c12. The zero-order valence-electron chi connectivity index (χ0n) is 8.42. The number of aromatic nitrogens is 3. The minimum Gasteiger partial charge on any atom is -0.369 e. The predicted molar refractivity (Wildman–Crippen MR) is 64.6 cm³/mol. The Labute approximate surface area is 106 Å². The number of fused-ring (bicyclic) bond motifs is 1. The highest BCUT2D eigenvalue weighted by molar-refractivity contribution is 6.36. The average molecular weight is 269 g/mol. The van der Waals surface area contributed by atoms with E-state index in [0.29, 0.717) is 16.6 Å². The lowest BCUT2D eigenvalue weighted by atomic mass is 10.2. The summed E-state index contributed by atoms with van der Waals surface area (Å²) in [7, 11) is 0. The van der Waals surface area contributed by atoms with Gasteiger partial charge in [0, 0.05) is 6.20 Å². The Balaban J connectivity index is 2.48. The van der Waals surface area contributed by atoms with Crippen molar-refractivity contribution in [1.29, 1.82) is 0 Å². The number of hydrogen-bond donors (Lipinski definition) is 2. The molecule has 0 saturated heterocycles. The third-order valence-corrected chi connectivity index (χ3v) is 2.39. The van der Waals surface area contributed by atoms with Gasteiger partial charge in [0.05, 0.1) is 17.4 Å². The summed E-state index contributed by atoms with van der Waals surface area (Å²) in [6, 6.07) is 0. The van der Waals surface area contributed by atoms with Crippen molar-refractivity contribution >= 4 is 40.1 Å². The first-order valence-corrected chi connectivity index (χ1v) is 5.31. The summed E-state index contributed by atoms with van der Waals surface area (Å²) in [6.45, 7) is 0. The highest BCUT2D eigenvalue weighted by Gasteiger charge is 2.09. The lowest BCUT2D eigenvalue weighted by Gasteiger charge is -1.94. The van der Waals surface area contributed by atoms with E-state index in [4.69, 9.17) is 28.9 Å². The second-order valence-electron chi connectivity index (χ2n) is 3.15. The molecule has 0 unspecified atom stereocenters. The summed E-state index contributed by atoms with van der Waals surface area (Å²) in [5.41, 5.74) is 6.08. The number of primary amides is 1. The van der Waals surface area contributed by atoms with Crippen LogP contribution in [0.15, 0.2) is 6.20 Å². The standard InChI is InChI=1S/C10H6Cl2N4O/c11-8-7-5(2-1-3-6(13)17)4-14-9(7)16-10(12)15-8/h4H,3H2,(H2,13,17)(H,14,15,16). The van der Waals surface area contributed by atoms with Gasteiger partial charge < -0.3 is 10.7 Å². The molecule has 7 heteroatoms. The van der Waals surface area contributed by atoms with E-state index >= 15 is 0 Å². The van der Waals surface area contributed by atoms with Gasteiger partial charge in [0.15, 0.2) is 0 Å². The maximum Gasteiger partial charge on any atom is 0.229 e. The lowest BCUT2D eigenvalue weighted by molar-refractivity contribution is -0.117. The molecule has 0 aliphatic carbocycles. The number of nitrogens with two attached hydrogens (primary N) is 1. The van der Waals surface area contributed by atoms with Gasteiger partial charge in [-0.15, -0.1) is 0 Å². The van der Waals surface area contributed by atoms with Gasteiger partial charge in [-0.05, 0) is 11.6 Å². The summed E-state index contributed by atoms with van der Waals surface area (Å²) in [5.74, 6) is 4.92. The van der Waals surface area contributed by atoms with Crippen molar-refractivity contribution in [2.24, 2.45) is 5.73 Å². The lowest BCUT2D eigenvalue weighted by Crippen LogP contribution is -2.08. The zero-order chi connectivity index (χ0) is 12.4. The second-order valence-corrected chi connectivity index (χ2v) is 3.85. The van der Waals surface area contributed by atoms with Gasteiger partial charge in [-0.3, -0.25) is 4.79 Å². The number of aromatic amines is 1. The topological polar surface area (TPSA) is 84.7 Å². The molecule has 5 nitrogen and oxygen atoms in total. The maximum atomic E-state index is 10.5. The summed E-state index contributed by atoms with van der Waals surface area (Å²) in [5, 5.41) is 0.846. The van der Waals surface area contributed by atoms with Crippen LogP contribution >= 0.6 is 23.2 Å². The summed E-state index contributed by atoms with van der Waals surface area (Å²) in [6.07, 6.45) is 1.61. The molecule has 2 heterocycles. The molecule has 0 bridgehead atoms. The molecule has 2 rings (SSSR count). The van der Waals surface area contributed by atoms with Crippen molar-refractivity contribution < 1.29 is 4.79 Å².